The SMILES string of the molecule is O=C(N/C=C/c1ccc(Br)cc1)Nc1cccc(F)c1. The fraction of sp³-hybridized carbons (Fsp3) is 0. The van der Waals surface area contributed by atoms with Crippen LogP contribution in [-0.2, 0) is 0 Å². The third kappa shape index (κ3) is 4.51. The van der Waals surface area contributed by atoms with Crippen molar-refractivity contribution < 1.29 is 9.18 Å². The van der Waals surface area contributed by atoms with Gasteiger partial charge in [0.05, 0.1) is 0 Å². The Bertz CT molecular complexity index is 626. The minimum atomic E-state index is -0.427. The van der Waals surface area contributed by atoms with Crippen LogP contribution >= 0.6 is 15.9 Å². The van der Waals surface area contributed by atoms with E-state index in [1.807, 2.05) is 24.3 Å². The van der Waals surface area contributed by atoms with Gasteiger partial charge in [0.15, 0.2) is 0 Å². The van der Waals surface area contributed by atoms with Gasteiger partial charge < -0.3 is 10.6 Å². The van der Waals surface area contributed by atoms with Crippen molar-refractivity contribution in [2.24, 2.45) is 0 Å². The Kier molecular flexibility index (Phi) is 4.90. The van der Waals surface area contributed by atoms with Gasteiger partial charge in [-0.3, -0.25) is 0 Å². The highest BCUT2D eigenvalue weighted by molar-refractivity contribution is 9.10. The number of hydrogen-bond acceptors (Lipinski definition) is 1. The van der Waals surface area contributed by atoms with E-state index in [4.69, 9.17) is 0 Å². The lowest BCUT2D eigenvalue weighted by Crippen LogP contribution is -2.23. The molecule has 2 amide bonds. The molecule has 0 unspecified atom stereocenters. The number of carbonyl (C=O) groups excluding carboxylic acids is 1. The maximum Gasteiger partial charge on any atom is 0.323 e. The maximum absolute atomic E-state index is 12.9. The maximum atomic E-state index is 12.9. The van der Waals surface area contributed by atoms with Crippen LogP contribution in [0.1, 0.15) is 5.56 Å². The number of anilines is 1. The molecule has 0 bridgehead atoms. The topological polar surface area (TPSA) is 41.1 Å². The van der Waals surface area contributed by atoms with Crippen molar-refractivity contribution in [1.29, 1.82) is 0 Å². The molecule has 20 heavy (non-hydrogen) atoms. The van der Waals surface area contributed by atoms with E-state index >= 15 is 0 Å². The van der Waals surface area contributed by atoms with Crippen molar-refractivity contribution in [3.8, 4) is 0 Å². The molecule has 2 N–H and O–H groups in total. The van der Waals surface area contributed by atoms with Gasteiger partial charge >= 0.3 is 6.03 Å². The first kappa shape index (κ1) is 14.3. The summed E-state index contributed by atoms with van der Waals surface area (Å²) in [6.45, 7) is 0. The van der Waals surface area contributed by atoms with E-state index in [9.17, 15) is 9.18 Å². The molecule has 0 aliphatic carbocycles. The Morgan fingerprint density at radius 1 is 1.15 bits per heavy atom. The van der Waals surface area contributed by atoms with Gasteiger partial charge in [0.25, 0.3) is 0 Å². The number of carbonyl (C=O) groups is 1. The number of amides is 2. The van der Waals surface area contributed by atoms with Crippen LogP contribution in [0.2, 0.25) is 0 Å². The first-order chi connectivity index (χ1) is 9.63. The fourth-order valence-electron chi connectivity index (χ4n) is 1.52. The number of hydrogen-bond donors (Lipinski definition) is 2. The van der Waals surface area contributed by atoms with Gasteiger partial charge in [-0.05, 0) is 42.0 Å². The number of rotatable bonds is 3. The second-order valence-electron chi connectivity index (χ2n) is 3.99. The molecule has 2 aromatic rings. The third-order valence-corrected chi connectivity index (χ3v) is 2.97. The Hall–Kier alpha value is -2.14. The molecular formula is C15H12BrFN2O. The van der Waals surface area contributed by atoms with Crippen molar-refractivity contribution in [1.82, 2.24) is 5.32 Å². The van der Waals surface area contributed by atoms with Crippen LogP contribution < -0.4 is 10.6 Å². The highest BCUT2D eigenvalue weighted by atomic mass is 79.9. The van der Waals surface area contributed by atoms with Crippen LogP contribution in [0.15, 0.2) is 59.2 Å². The smallest absolute Gasteiger partial charge is 0.314 e. The van der Waals surface area contributed by atoms with Gasteiger partial charge in [-0.2, -0.15) is 0 Å². The lowest BCUT2D eigenvalue weighted by molar-refractivity contribution is 0.255. The van der Waals surface area contributed by atoms with Crippen molar-refractivity contribution in [3.63, 3.8) is 0 Å². The average molecular weight is 335 g/mol. The number of urea groups is 1. The summed E-state index contributed by atoms with van der Waals surface area (Å²) >= 11 is 3.35. The Labute approximate surface area is 124 Å². The second-order valence-corrected chi connectivity index (χ2v) is 4.91. The minimum absolute atomic E-state index is 0.395. The van der Waals surface area contributed by atoms with Gasteiger partial charge in [0.2, 0.25) is 0 Å². The van der Waals surface area contributed by atoms with Gasteiger partial charge in [-0.1, -0.05) is 34.1 Å². The summed E-state index contributed by atoms with van der Waals surface area (Å²) in [6, 6.07) is 12.9. The molecule has 0 aliphatic rings. The predicted molar refractivity (Wildman–Crippen MR) is 81.7 cm³/mol. The van der Waals surface area contributed by atoms with Gasteiger partial charge in [0, 0.05) is 16.4 Å². The van der Waals surface area contributed by atoms with Gasteiger partial charge in [0.1, 0.15) is 5.82 Å². The number of halogens is 2. The molecule has 5 heteroatoms. The molecule has 0 saturated heterocycles. The van der Waals surface area contributed by atoms with Gasteiger partial charge in [-0.25, -0.2) is 9.18 Å². The van der Waals surface area contributed by atoms with Crippen LogP contribution in [0.4, 0.5) is 14.9 Å². The van der Waals surface area contributed by atoms with E-state index < -0.39 is 11.8 Å². The Morgan fingerprint density at radius 3 is 2.60 bits per heavy atom. The average Bonchev–Trinajstić information content (AvgIpc) is 2.41. The van der Waals surface area contributed by atoms with E-state index in [1.54, 1.807) is 12.1 Å². The summed E-state index contributed by atoms with van der Waals surface area (Å²) in [7, 11) is 0. The molecule has 2 aromatic carbocycles. The molecule has 0 aliphatic heterocycles. The first-order valence-electron chi connectivity index (χ1n) is 5.89. The summed E-state index contributed by atoms with van der Waals surface area (Å²) in [5.41, 5.74) is 1.36. The molecule has 0 atom stereocenters. The number of benzene rings is 2. The van der Waals surface area contributed by atoms with Crippen molar-refractivity contribution in [2.45, 2.75) is 0 Å². The van der Waals surface area contributed by atoms with Crippen molar-refractivity contribution >= 4 is 33.7 Å². The zero-order chi connectivity index (χ0) is 14.4. The van der Waals surface area contributed by atoms with Gasteiger partial charge in [-0.15, -0.1) is 0 Å². The molecule has 0 radical (unpaired) electrons. The molecule has 0 saturated carbocycles. The van der Waals surface area contributed by atoms with Crippen LogP contribution in [-0.4, -0.2) is 6.03 Å². The molecule has 0 heterocycles. The molecule has 2 rings (SSSR count). The van der Waals surface area contributed by atoms with Crippen LogP contribution in [0, 0.1) is 5.82 Å². The van der Waals surface area contributed by atoms with Crippen LogP contribution in [0.25, 0.3) is 6.08 Å². The van der Waals surface area contributed by atoms with E-state index in [1.165, 1.54) is 24.4 Å². The van der Waals surface area contributed by atoms with E-state index in [2.05, 4.69) is 26.6 Å². The molecule has 0 aromatic heterocycles. The number of nitrogens with one attached hydrogen (secondary N) is 2. The third-order valence-electron chi connectivity index (χ3n) is 2.44. The molecule has 0 spiro atoms. The predicted octanol–water partition coefficient (Wildman–Crippen LogP) is 4.38. The second kappa shape index (κ2) is 6.86. The normalized spacial score (nSPS) is 10.5. The zero-order valence-corrected chi connectivity index (χ0v) is 12.0. The fourth-order valence-corrected chi connectivity index (χ4v) is 1.79. The standard InChI is InChI=1S/C15H12BrFN2O/c16-12-6-4-11(5-7-12)8-9-18-15(20)19-14-3-1-2-13(17)10-14/h1-10H,(H2,18,19,20)/b9-8+. The van der Waals surface area contributed by atoms with E-state index in [0.717, 1.165) is 10.0 Å². The molecular weight excluding hydrogens is 323 g/mol. The quantitative estimate of drug-likeness (QED) is 0.859. The molecule has 102 valence electrons. The summed E-state index contributed by atoms with van der Waals surface area (Å²) < 4.78 is 13.9. The minimum Gasteiger partial charge on any atom is -0.314 e. The monoisotopic (exact) mass is 334 g/mol. The highest BCUT2D eigenvalue weighted by Gasteiger charge is 1.99. The Balaban J connectivity index is 1.87. The molecule has 3 nitrogen and oxygen atoms in total. The summed E-state index contributed by atoms with van der Waals surface area (Å²) in [5, 5.41) is 5.08. The summed E-state index contributed by atoms with van der Waals surface area (Å²) in [6.07, 6.45) is 3.29. The lowest BCUT2D eigenvalue weighted by Gasteiger charge is -2.04. The molecule has 0 fully saturated rings. The summed E-state index contributed by atoms with van der Waals surface area (Å²) in [4.78, 5) is 11.6. The first-order valence-corrected chi connectivity index (χ1v) is 6.68. The Morgan fingerprint density at radius 2 is 1.90 bits per heavy atom. The van der Waals surface area contributed by atoms with Crippen LogP contribution in [0.5, 0.6) is 0 Å². The highest BCUT2D eigenvalue weighted by Crippen LogP contribution is 2.11. The lowest BCUT2D eigenvalue weighted by atomic mass is 10.2. The van der Waals surface area contributed by atoms with Crippen molar-refractivity contribution in [3.05, 3.63) is 70.6 Å². The zero-order valence-electron chi connectivity index (χ0n) is 10.4. The van der Waals surface area contributed by atoms with Crippen molar-refractivity contribution in [2.75, 3.05) is 5.32 Å². The van der Waals surface area contributed by atoms with E-state index in [0.29, 0.717) is 5.69 Å². The van der Waals surface area contributed by atoms with E-state index in [-0.39, 0.29) is 0 Å². The summed E-state index contributed by atoms with van der Waals surface area (Å²) in [5.74, 6) is -0.395. The largest absolute Gasteiger partial charge is 0.323 e. The van der Waals surface area contributed by atoms with Crippen LogP contribution in [0.3, 0.4) is 0 Å².